The number of amides is 1. The van der Waals surface area contributed by atoms with E-state index in [9.17, 15) is 13.2 Å². The summed E-state index contributed by atoms with van der Waals surface area (Å²) in [6.07, 6.45) is 3.68. The number of anilines is 1. The molecule has 2 bridgehead atoms. The molecule has 2 aromatic carbocycles. The van der Waals surface area contributed by atoms with Gasteiger partial charge in [-0.25, -0.2) is 8.42 Å². The number of para-hydroxylation sites is 2. The van der Waals surface area contributed by atoms with Crippen LogP contribution in [0.4, 0.5) is 5.69 Å². The molecule has 0 unspecified atom stereocenters. The number of rotatable bonds is 4. The molecular formula is C22H23ClN2O4S. The molecule has 0 radical (unpaired) electrons. The first-order valence-electron chi connectivity index (χ1n) is 10.3. The minimum Gasteiger partial charge on any atom is -0.476 e. The van der Waals surface area contributed by atoms with E-state index in [1.165, 1.54) is 29.3 Å². The van der Waals surface area contributed by atoms with Gasteiger partial charge in [0, 0.05) is 11.1 Å². The highest BCUT2D eigenvalue weighted by atomic mass is 35.5. The van der Waals surface area contributed by atoms with E-state index in [0.717, 1.165) is 12.8 Å². The molecule has 0 aromatic heterocycles. The molecule has 0 saturated heterocycles. The molecule has 2 saturated carbocycles. The highest BCUT2D eigenvalue weighted by Gasteiger charge is 2.43. The molecule has 1 aliphatic heterocycles. The van der Waals surface area contributed by atoms with Gasteiger partial charge in [0.1, 0.15) is 5.75 Å². The molecule has 0 spiro atoms. The molecule has 3 aliphatic rings. The van der Waals surface area contributed by atoms with Crippen molar-refractivity contribution in [3.63, 3.8) is 0 Å². The summed E-state index contributed by atoms with van der Waals surface area (Å²) in [5, 5.41) is 3.59. The zero-order chi connectivity index (χ0) is 20.9. The minimum absolute atomic E-state index is 0.0748. The van der Waals surface area contributed by atoms with Crippen molar-refractivity contribution in [2.45, 2.75) is 42.7 Å². The Bertz CT molecular complexity index is 1070. The normalized spacial score (nSPS) is 27.4. The van der Waals surface area contributed by atoms with Crippen LogP contribution in [-0.4, -0.2) is 33.0 Å². The summed E-state index contributed by atoms with van der Waals surface area (Å²) in [5.41, 5.74) is 0.427. The van der Waals surface area contributed by atoms with Crippen molar-refractivity contribution in [1.29, 1.82) is 0 Å². The Balaban J connectivity index is 1.42. The van der Waals surface area contributed by atoms with Gasteiger partial charge in [0.05, 0.1) is 17.1 Å². The lowest BCUT2D eigenvalue weighted by Crippen LogP contribution is -2.53. The van der Waals surface area contributed by atoms with Crippen LogP contribution in [0.1, 0.15) is 25.7 Å². The van der Waals surface area contributed by atoms with E-state index >= 15 is 0 Å². The predicted octanol–water partition coefficient (Wildman–Crippen LogP) is 3.60. The van der Waals surface area contributed by atoms with Gasteiger partial charge in [0.25, 0.3) is 15.9 Å². The predicted molar refractivity (Wildman–Crippen MR) is 114 cm³/mol. The lowest BCUT2D eigenvalue weighted by Gasteiger charge is -2.35. The summed E-state index contributed by atoms with van der Waals surface area (Å²) in [4.78, 5) is 13.1. The van der Waals surface area contributed by atoms with Gasteiger partial charge < -0.3 is 10.1 Å². The molecule has 2 aromatic rings. The van der Waals surface area contributed by atoms with Crippen molar-refractivity contribution in [3.05, 3.63) is 53.6 Å². The number of fused-ring (bicyclic) bond motifs is 3. The number of carbonyl (C=O) groups is 1. The molecule has 2 aliphatic carbocycles. The van der Waals surface area contributed by atoms with Crippen molar-refractivity contribution < 1.29 is 17.9 Å². The summed E-state index contributed by atoms with van der Waals surface area (Å²) in [6.45, 7) is -0.0748. The first-order valence-corrected chi connectivity index (χ1v) is 12.1. The fraction of sp³-hybridized carbons (Fsp3) is 0.409. The van der Waals surface area contributed by atoms with Crippen molar-refractivity contribution in [2.24, 2.45) is 11.8 Å². The second kappa shape index (κ2) is 7.46. The zero-order valence-corrected chi connectivity index (χ0v) is 17.9. The summed E-state index contributed by atoms with van der Waals surface area (Å²) < 4.78 is 33.9. The summed E-state index contributed by atoms with van der Waals surface area (Å²) >= 11 is 5.92. The van der Waals surface area contributed by atoms with E-state index in [2.05, 4.69) is 5.32 Å². The second-order valence-corrected chi connectivity index (χ2v) is 10.7. The number of benzene rings is 2. The molecule has 158 valence electrons. The van der Waals surface area contributed by atoms with Crippen molar-refractivity contribution in [3.8, 4) is 5.75 Å². The van der Waals surface area contributed by atoms with Gasteiger partial charge in [-0.1, -0.05) is 30.2 Å². The van der Waals surface area contributed by atoms with Crippen LogP contribution >= 0.6 is 11.6 Å². The molecule has 2 fully saturated rings. The number of nitrogens with one attached hydrogen (secondary N) is 1. The maximum absolute atomic E-state index is 13.4. The first kappa shape index (κ1) is 19.7. The van der Waals surface area contributed by atoms with Gasteiger partial charge in [-0.05, 0) is 67.5 Å². The van der Waals surface area contributed by atoms with Crippen molar-refractivity contribution in [2.75, 3.05) is 10.8 Å². The molecule has 4 atom stereocenters. The molecule has 6 nitrogen and oxygen atoms in total. The Morgan fingerprint density at radius 2 is 1.83 bits per heavy atom. The van der Waals surface area contributed by atoms with Crippen LogP contribution in [0.5, 0.6) is 5.75 Å². The standard InChI is InChI=1S/C22H23ClN2O4S/c23-16-7-9-17(10-8-16)30(27,28)25-13-21(29-20-4-2-1-3-19(20)25)22(26)24-18-12-14-5-6-15(18)11-14/h1-4,7-10,14-15,18,21H,5-6,11-13H2,(H,24,26)/t14-,15-,18-,21+/m1/s1. The SMILES string of the molecule is O=C(N[C@@H]1C[C@@H]2CC[C@@H]1C2)[C@@H]1CN(S(=O)(=O)c2ccc(Cl)cc2)c2ccccc2O1. The van der Waals surface area contributed by atoms with E-state index in [1.54, 1.807) is 36.4 Å². The molecule has 1 heterocycles. The summed E-state index contributed by atoms with van der Waals surface area (Å²) in [6, 6.07) is 13.1. The largest absolute Gasteiger partial charge is 0.476 e. The molecule has 1 amide bonds. The number of nitrogens with zero attached hydrogens (tertiary/aromatic N) is 1. The van der Waals surface area contributed by atoms with Gasteiger partial charge in [-0.2, -0.15) is 0 Å². The molecule has 30 heavy (non-hydrogen) atoms. The van der Waals surface area contributed by atoms with Crippen LogP contribution < -0.4 is 14.4 Å². The van der Waals surface area contributed by atoms with Crippen molar-refractivity contribution in [1.82, 2.24) is 5.32 Å². The highest BCUT2D eigenvalue weighted by Crippen LogP contribution is 2.44. The Hall–Kier alpha value is -2.25. The third-order valence-corrected chi connectivity index (χ3v) is 8.54. The first-order chi connectivity index (χ1) is 14.4. The monoisotopic (exact) mass is 446 g/mol. The second-order valence-electron chi connectivity index (χ2n) is 8.35. The third-order valence-electron chi connectivity index (χ3n) is 6.49. The van der Waals surface area contributed by atoms with Gasteiger partial charge in [-0.15, -0.1) is 0 Å². The smallest absolute Gasteiger partial charge is 0.264 e. The average molecular weight is 447 g/mol. The number of carbonyl (C=O) groups excluding carboxylic acids is 1. The maximum atomic E-state index is 13.4. The number of halogens is 1. The lowest BCUT2D eigenvalue weighted by molar-refractivity contribution is -0.128. The van der Waals surface area contributed by atoms with E-state index in [1.807, 2.05) is 0 Å². The van der Waals surface area contributed by atoms with Crippen LogP contribution in [-0.2, 0) is 14.8 Å². The van der Waals surface area contributed by atoms with Crippen LogP contribution in [0.3, 0.4) is 0 Å². The number of hydrogen-bond donors (Lipinski definition) is 1. The van der Waals surface area contributed by atoms with Crippen molar-refractivity contribution >= 4 is 33.2 Å². The fourth-order valence-electron chi connectivity index (χ4n) is 5.00. The third kappa shape index (κ3) is 3.44. The van der Waals surface area contributed by atoms with Crippen LogP contribution in [0.25, 0.3) is 0 Å². The number of ether oxygens (including phenoxy) is 1. The van der Waals surface area contributed by atoms with E-state index in [-0.39, 0.29) is 23.4 Å². The molecule has 8 heteroatoms. The van der Waals surface area contributed by atoms with E-state index < -0.39 is 16.1 Å². The lowest BCUT2D eigenvalue weighted by atomic mass is 9.95. The Morgan fingerprint density at radius 3 is 2.53 bits per heavy atom. The Morgan fingerprint density at radius 1 is 1.07 bits per heavy atom. The Kier molecular flexibility index (Phi) is 4.90. The van der Waals surface area contributed by atoms with Gasteiger partial charge in [0.15, 0.2) is 6.10 Å². The van der Waals surface area contributed by atoms with Gasteiger partial charge in [-0.3, -0.25) is 9.10 Å². The summed E-state index contributed by atoms with van der Waals surface area (Å²) in [7, 11) is -3.88. The summed E-state index contributed by atoms with van der Waals surface area (Å²) in [5.74, 6) is 1.37. The van der Waals surface area contributed by atoms with E-state index in [4.69, 9.17) is 16.3 Å². The molecule has 5 rings (SSSR count). The van der Waals surface area contributed by atoms with Crippen LogP contribution in [0.15, 0.2) is 53.4 Å². The highest BCUT2D eigenvalue weighted by molar-refractivity contribution is 7.92. The fourth-order valence-corrected chi connectivity index (χ4v) is 6.60. The van der Waals surface area contributed by atoms with Gasteiger partial charge in [0.2, 0.25) is 0 Å². The van der Waals surface area contributed by atoms with Crippen LogP contribution in [0.2, 0.25) is 5.02 Å². The Labute approximate surface area is 181 Å². The van der Waals surface area contributed by atoms with Gasteiger partial charge >= 0.3 is 0 Å². The molecule has 1 N–H and O–H groups in total. The van der Waals surface area contributed by atoms with Crippen LogP contribution in [0, 0.1) is 11.8 Å². The minimum atomic E-state index is -3.88. The quantitative estimate of drug-likeness (QED) is 0.778. The maximum Gasteiger partial charge on any atom is 0.264 e. The topological polar surface area (TPSA) is 75.7 Å². The number of hydrogen-bond acceptors (Lipinski definition) is 4. The van der Waals surface area contributed by atoms with E-state index in [0.29, 0.717) is 28.3 Å². The zero-order valence-electron chi connectivity index (χ0n) is 16.3. The molecular weight excluding hydrogens is 424 g/mol. The number of sulfonamides is 1. The average Bonchev–Trinajstić information content (AvgIpc) is 3.36.